The molecular formula is C17H16FNO2S2. The molecule has 2 aromatic rings. The lowest BCUT2D eigenvalue weighted by Gasteiger charge is -2.22. The van der Waals surface area contributed by atoms with Crippen LogP contribution in [-0.4, -0.2) is 28.5 Å². The molecule has 0 spiro atoms. The summed E-state index contributed by atoms with van der Waals surface area (Å²) < 4.78 is 14.1. The first-order chi connectivity index (χ1) is 11.1. The maximum atomic E-state index is 13.0. The average molecular weight is 349 g/mol. The van der Waals surface area contributed by atoms with Gasteiger partial charge in [-0.2, -0.15) is 0 Å². The molecule has 1 saturated heterocycles. The summed E-state index contributed by atoms with van der Waals surface area (Å²) in [7, 11) is 0. The van der Waals surface area contributed by atoms with Gasteiger partial charge in [-0.1, -0.05) is 12.5 Å². The van der Waals surface area contributed by atoms with Gasteiger partial charge < -0.3 is 0 Å². The fraction of sp³-hybridized carbons (Fsp3) is 0.294. The molecule has 0 radical (unpaired) electrons. The molecule has 1 aromatic carbocycles. The fourth-order valence-corrected chi connectivity index (χ4v) is 4.67. The van der Waals surface area contributed by atoms with Gasteiger partial charge in [-0.25, -0.2) is 4.39 Å². The Balaban J connectivity index is 1.78. The maximum Gasteiger partial charge on any atom is 0.260 e. The summed E-state index contributed by atoms with van der Waals surface area (Å²) >= 11 is 3.13. The van der Waals surface area contributed by atoms with Crippen molar-refractivity contribution >= 4 is 34.9 Å². The van der Waals surface area contributed by atoms with Gasteiger partial charge >= 0.3 is 0 Å². The number of halogens is 1. The largest absolute Gasteiger partial charge is 0.278 e. The number of imide groups is 1. The molecule has 0 saturated carbocycles. The van der Waals surface area contributed by atoms with Gasteiger partial charge in [-0.05, 0) is 48.6 Å². The van der Waals surface area contributed by atoms with Gasteiger partial charge in [0, 0.05) is 12.1 Å². The number of benzene rings is 1. The summed E-state index contributed by atoms with van der Waals surface area (Å²) in [5, 5.41) is 1.74. The van der Waals surface area contributed by atoms with E-state index in [0.717, 1.165) is 23.5 Å². The number of hydrogen-bond donors (Lipinski definition) is 0. The molecule has 1 atom stereocenters. The number of rotatable bonds is 3. The van der Waals surface area contributed by atoms with Crippen molar-refractivity contribution in [3.63, 3.8) is 0 Å². The Hall–Kier alpha value is -1.66. The Morgan fingerprint density at radius 3 is 2.70 bits per heavy atom. The van der Waals surface area contributed by atoms with Crippen molar-refractivity contribution in [3.8, 4) is 0 Å². The third kappa shape index (κ3) is 3.82. The average Bonchev–Trinajstić information content (AvgIpc) is 2.99. The third-order valence-corrected chi connectivity index (χ3v) is 6.06. The molecule has 6 heteroatoms. The zero-order valence-corrected chi connectivity index (χ0v) is 14.0. The molecule has 3 rings (SSSR count). The van der Waals surface area contributed by atoms with Crippen molar-refractivity contribution in [3.05, 3.63) is 53.2 Å². The Kier molecular flexibility index (Phi) is 5.13. The standard InChI is InChI=1S/C17H16FNO2S2/c18-13-8-6-12(7-9-13)16(20)19-10-2-1-4-14(17(19)21)23-15-5-3-11-22-15/h3,5-9,11,14H,1-2,4,10H2/t14-/m1/s1. The van der Waals surface area contributed by atoms with Crippen molar-refractivity contribution in [2.75, 3.05) is 6.54 Å². The Morgan fingerprint density at radius 1 is 1.22 bits per heavy atom. The maximum absolute atomic E-state index is 13.0. The van der Waals surface area contributed by atoms with E-state index in [0.29, 0.717) is 12.1 Å². The number of nitrogens with zero attached hydrogens (tertiary/aromatic N) is 1. The Labute approximate surface area is 142 Å². The van der Waals surface area contributed by atoms with Crippen LogP contribution in [0.3, 0.4) is 0 Å². The molecule has 1 fully saturated rings. The Morgan fingerprint density at radius 2 is 2.00 bits per heavy atom. The topological polar surface area (TPSA) is 37.4 Å². The van der Waals surface area contributed by atoms with E-state index in [9.17, 15) is 14.0 Å². The lowest BCUT2D eigenvalue weighted by Crippen LogP contribution is -2.41. The highest BCUT2D eigenvalue weighted by atomic mass is 32.2. The zero-order valence-electron chi connectivity index (χ0n) is 12.4. The molecule has 1 aliphatic rings. The lowest BCUT2D eigenvalue weighted by atomic mass is 10.2. The van der Waals surface area contributed by atoms with E-state index >= 15 is 0 Å². The second-order valence-electron chi connectivity index (χ2n) is 5.34. The molecule has 120 valence electrons. The monoisotopic (exact) mass is 349 g/mol. The second-order valence-corrected chi connectivity index (χ2v) is 7.79. The SMILES string of the molecule is O=C(c1ccc(F)cc1)N1CCCC[C@@H](Sc2cccs2)C1=O. The summed E-state index contributed by atoms with van der Waals surface area (Å²) in [4.78, 5) is 26.7. The van der Waals surface area contributed by atoms with Crippen molar-refractivity contribution < 1.29 is 14.0 Å². The molecule has 0 aliphatic carbocycles. The number of hydrogen-bond acceptors (Lipinski definition) is 4. The zero-order chi connectivity index (χ0) is 16.2. The van der Waals surface area contributed by atoms with Crippen LogP contribution in [0.5, 0.6) is 0 Å². The number of carbonyl (C=O) groups is 2. The van der Waals surface area contributed by atoms with Crippen molar-refractivity contribution in [1.82, 2.24) is 4.90 Å². The van der Waals surface area contributed by atoms with E-state index in [1.807, 2.05) is 17.5 Å². The normalized spacial score (nSPS) is 18.7. The van der Waals surface area contributed by atoms with E-state index in [1.54, 1.807) is 11.3 Å². The van der Waals surface area contributed by atoms with Crippen molar-refractivity contribution in [1.29, 1.82) is 0 Å². The molecule has 2 amide bonds. The van der Waals surface area contributed by atoms with E-state index in [-0.39, 0.29) is 17.1 Å². The highest BCUT2D eigenvalue weighted by Gasteiger charge is 2.32. The van der Waals surface area contributed by atoms with Gasteiger partial charge in [0.1, 0.15) is 5.82 Å². The van der Waals surface area contributed by atoms with Crippen LogP contribution >= 0.6 is 23.1 Å². The van der Waals surface area contributed by atoms with Gasteiger partial charge in [0.25, 0.3) is 5.91 Å². The minimum absolute atomic E-state index is 0.143. The van der Waals surface area contributed by atoms with E-state index in [4.69, 9.17) is 0 Å². The van der Waals surface area contributed by atoms with Crippen LogP contribution in [-0.2, 0) is 4.79 Å². The molecular weight excluding hydrogens is 333 g/mol. The number of thioether (sulfide) groups is 1. The van der Waals surface area contributed by atoms with Gasteiger partial charge in [-0.15, -0.1) is 23.1 Å². The highest BCUT2D eigenvalue weighted by Crippen LogP contribution is 2.33. The molecule has 0 bridgehead atoms. The summed E-state index contributed by atoms with van der Waals surface area (Å²) in [6.07, 6.45) is 2.50. The summed E-state index contributed by atoms with van der Waals surface area (Å²) in [6.45, 7) is 0.427. The van der Waals surface area contributed by atoms with Crippen LogP contribution in [0.2, 0.25) is 0 Å². The van der Waals surface area contributed by atoms with E-state index in [2.05, 4.69) is 0 Å². The first-order valence-electron chi connectivity index (χ1n) is 7.46. The lowest BCUT2D eigenvalue weighted by molar-refractivity contribution is -0.127. The molecule has 0 N–H and O–H groups in total. The molecule has 1 aliphatic heterocycles. The molecule has 3 nitrogen and oxygen atoms in total. The summed E-state index contributed by atoms with van der Waals surface area (Å²) in [6, 6.07) is 9.28. The second kappa shape index (κ2) is 7.27. The predicted molar refractivity (Wildman–Crippen MR) is 90.3 cm³/mol. The summed E-state index contributed by atoms with van der Waals surface area (Å²) in [5.74, 6) is -0.876. The van der Waals surface area contributed by atoms with Gasteiger partial charge in [0.05, 0.1) is 9.46 Å². The fourth-order valence-electron chi connectivity index (χ4n) is 2.54. The molecule has 0 unspecified atom stereocenters. The first-order valence-corrected chi connectivity index (χ1v) is 9.22. The third-order valence-electron chi connectivity index (χ3n) is 3.73. The van der Waals surface area contributed by atoms with Crippen LogP contribution in [0.1, 0.15) is 29.6 Å². The van der Waals surface area contributed by atoms with Crippen LogP contribution in [0.4, 0.5) is 4.39 Å². The molecule has 1 aromatic heterocycles. The Bertz CT molecular complexity index is 685. The number of amides is 2. The highest BCUT2D eigenvalue weighted by molar-refractivity contribution is 8.02. The first kappa shape index (κ1) is 16.2. The molecule has 23 heavy (non-hydrogen) atoms. The number of likely N-dealkylation sites (tertiary alicyclic amines) is 1. The van der Waals surface area contributed by atoms with E-state index in [1.165, 1.54) is 40.9 Å². The van der Waals surface area contributed by atoms with Gasteiger partial charge in [0.2, 0.25) is 5.91 Å². The predicted octanol–water partition coefficient (Wildman–Crippen LogP) is 4.20. The van der Waals surface area contributed by atoms with Crippen LogP contribution < -0.4 is 0 Å². The van der Waals surface area contributed by atoms with Crippen LogP contribution in [0.25, 0.3) is 0 Å². The number of thiophene rings is 1. The van der Waals surface area contributed by atoms with Crippen molar-refractivity contribution in [2.24, 2.45) is 0 Å². The van der Waals surface area contributed by atoms with E-state index < -0.39 is 5.82 Å². The van der Waals surface area contributed by atoms with Crippen LogP contribution in [0, 0.1) is 5.82 Å². The number of carbonyl (C=O) groups excluding carboxylic acids is 2. The minimum Gasteiger partial charge on any atom is -0.278 e. The van der Waals surface area contributed by atoms with Gasteiger partial charge in [0.15, 0.2) is 0 Å². The summed E-state index contributed by atoms with van der Waals surface area (Å²) in [5.41, 5.74) is 0.349. The van der Waals surface area contributed by atoms with Crippen LogP contribution in [0.15, 0.2) is 46.0 Å². The van der Waals surface area contributed by atoms with Crippen molar-refractivity contribution in [2.45, 2.75) is 28.7 Å². The quantitative estimate of drug-likeness (QED) is 0.779. The smallest absolute Gasteiger partial charge is 0.260 e. The molecule has 2 heterocycles. The van der Waals surface area contributed by atoms with Gasteiger partial charge in [-0.3, -0.25) is 14.5 Å². The minimum atomic E-state index is -0.394.